The molecule has 1 heterocycles. The molecule has 0 aromatic carbocycles. The summed E-state index contributed by atoms with van der Waals surface area (Å²) in [7, 11) is 0. The van der Waals surface area contributed by atoms with E-state index in [4.69, 9.17) is 5.11 Å². The van der Waals surface area contributed by atoms with Crippen LogP contribution in [0, 0.1) is 18.8 Å². The van der Waals surface area contributed by atoms with Gasteiger partial charge < -0.3 is 10.4 Å². The Bertz CT molecular complexity index is 480. The fraction of sp³-hybridized carbons (Fsp3) is 0.643. The summed E-state index contributed by atoms with van der Waals surface area (Å²) in [5, 5.41) is 16.0. The van der Waals surface area contributed by atoms with Crippen LogP contribution in [-0.4, -0.2) is 33.3 Å². The van der Waals surface area contributed by atoms with Crippen molar-refractivity contribution in [2.45, 2.75) is 40.7 Å². The first-order valence-electron chi connectivity index (χ1n) is 6.90. The standard InChI is InChI=1S/C14H23N3O3/c1-5-17-12(7-10(4)16-17)13(18)15-8-11(14(19)20)6-9(2)3/h7,9,11H,5-6,8H2,1-4H3,(H,15,18)(H,19,20). The van der Waals surface area contributed by atoms with Crippen molar-refractivity contribution >= 4 is 11.9 Å². The van der Waals surface area contributed by atoms with E-state index in [9.17, 15) is 9.59 Å². The van der Waals surface area contributed by atoms with Crippen molar-refractivity contribution in [1.82, 2.24) is 15.1 Å². The molecule has 1 amide bonds. The maximum atomic E-state index is 12.1. The lowest BCUT2D eigenvalue weighted by molar-refractivity contribution is -0.142. The molecule has 1 aromatic heterocycles. The van der Waals surface area contributed by atoms with Crippen molar-refractivity contribution in [3.05, 3.63) is 17.5 Å². The van der Waals surface area contributed by atoms with Gasteiger partial charge in [-0.25, -0.2) is 0 Å². The van der Waals surface area contributed by atoms with Gasteiger partial charge >= 0.3 is 5.97 Å². The number of rotatable bonds is 7. The number of aryl methyl sites for hydroxylation is 2. The van der Waals surface area contributed by atoms with E-state index in [1.807, 2.05) is 27.7 Å². The number of hydrogen-bond donors (Lipinski definition) is 2. The van der Waals surface area contributed by atoms with Crippen LogP contribution in [0.1, 0.15) is 43.4 Å². The van der Waals surface area contributed by atoms with Crippen LogP contribution in [0.5, 0.6) is 0 Å². The molecule has 20 heavy (non-hydrogen) atoms. The normalized spacial score (nSPS) is 12.4. The van der Waals surface area contributed by atoms with Crippen molar-refractivity contribution in [1.29, 1.82) is 0 Å². The van der Waals surface area contributed by atoms with Gasteiger partial charge in [0.05, 0.1) is 11.6 Å². The largest absolute Gasteiger partial charge is 0.481 e. The molecule has 6 heteroatoms. The second-order valence-corrected chi connectivity index (χ2v) is 5.36. The monoisotopic (exact) mass is 281 g/mol. The molecular formula is C14H23N3O3. The number of hydrogen-bond acceptors (Lipinski definition) is 3. The molecule has 0 aliphatic heterocycles. The summed E-state index contributed by atoms with van der Waals surface area (Å²) in [6.07, 6.45) is 0.543. The molecule has 1 rings (SSSR count). The molecule has 0 radical (unpaired) electrons. The molecule has 1 atom stereocenters. The van der Waals surface area contributed by atoms with Gasteiger partial charge in [0.25, 0.3) is 5.91 Å². The minimum absolute atomic E-state index is 0.139. The lowest BCUT2D eigenvalue weighted by Gasteiger charge is -2.15. The highest BCUT2D eigenvalue weighted by Gasteiger charge is 2.21. The molecule has 1 unspecified atom stereocenters. The van der Waals surface area contributed by atoms with Gasteiger partial charge in [-0.2, -0.15) is 5.10 Å². The Morgan fingerprint density at radius 2 is 2.10 bits per heavy atom. The second-order valence-electron chi connectivity index (χ2n) is 5.36. The van der Waals surface area contributed by atoms with Crippen LogP contribution in [-0.2, 0) is 11.3 Å². The molecule has 0 saturated heterocycles. The van der Waals surface area contributed by atoms with Crippen LogP contribution < -0.4 is 5.32 Å². The summed E-state index contributed by atoms with van der Waals surface area (Å²) in [6.45, 7) is 8.40. The van der Waals surface area contributed by atoms with E-state index in [0.29, 0.717) is 18.7 Å². The van der Waals surface area contributed by atoms with E-state index in [0.717, 1.165) is 5.69 Å². The predicted octanol–water partition coefficient (Wildman–Crippen LogP) is 1.69. The maximum absolute atomic E-state index is 12.1. The Morgan fingerprint density at radius 3 is 2.60 bits per heavy atom. The van der Waals surface area contributed by atoms with E-state index in [2.05, 4.69) is 10.4 Å². The Balaban J connectivity index is 2.67. The van der Waals surface area contributed by atoms with Gasteiger partial charge in [-0.1, -0.05) is 13.8 Å². The summed E-state index contributed by atoms with van der Waals surface area (Å²) in [5.41, 5.74) is 1.24. The summed E-state index contributed by atoms with van der Waals surface area (Å²) in [4.78, 5) is 23.2. The minimum atomic E-state index is -0.876. The highest BCUT2D eigenvalue weighted by molar-refractivity contribution is 5.92. The van der Waals surface area contributed by atoms with Crippen molar-refractivity contribution < 1.29 is 14.7 Å². The first-order valence-corrected chi connectivity index (χ1v) is 6.90. The van der Waals surface area contributed by atoms with Crippen molar-refractivity contribution in [3.63, 3.8) is 0 Å². The minimum Gasteiger partial charge on any atom is -0.481 e. The van der Waals surface area contributed by atoms with Gasteiger partial charge in [-0.3, -0.25) is 14.3 Å². The van der Waals surface area contributed by atoms with E-state index in [-0.39, 0.29) is 18.4 Å². The first kappa shape index (κ1) is 16.2. The van der Waals surface area contributed by atoms with Crippen LogP contribution in [0.25, 0.3) is 0 Å². The number of amides is 1. The number of nitrogens with one attached hydrogen (secondary N) is 1. The average molecular weight is 281 g/mol. The smallest absolute Gasteiger partial charge is 0.308 e. The SMILES string of the molecule is CCn1nc(C)cc1C(=O)NCC(CC(C)C)C(=O)O. The topological polar surface area (TPSA) is 84.2 Å². The summed E-state index contributed by atoms with van der Waals surface area (Å²) < 4.78 is 1.61. The Kier molecular flexibility index (Phi) is 5.73. The predicted molar refractivity (Wildman–Crippen MR) is 75.6 cm³/mol. The zero-order chi connectivity index (χ0) is 15.3. The van der Waals surface area contributed by atoms with Gasteiger partial charge in [-0.15, -0.1) is 0 Å². The fourth-order valence-electron chi connectivity index (χ4n) is 2.12. The number of carboxylic acid groups (broad SMARTS) is 1. The molecule has 0 bridgehead atoms. The Hall–Kier alpha value is -1.85. The fourth-order valence-corrected chi connectivity index (χ4v) is 2.12. The third kappa shape index (κ3) is 4.36. The molecule has 0 spiro atoms. The van der Waals surface area contributed by atoms with E-state index < -0.39 is 11.9 Å². The van der Waals surface area contributed by atoms with Crippen LogP contribution in [0.4, 0.5) is 0 Å². The van der Waals surface area contributed by atoms with Gasteiger partial charge in [0.15, 0.2) is 0 Å². The molecule has 1 aromatic rings. The molecule has 112 valence electrons. The van der Waals surface area contributed by atoms with E-state index >= 15 is 0 Å². The Morgan fingerprint density at radius 1 is 1.45 bits per heavy atom. The molecule has 0 fully saturated rings. The van der Waals surface area contributed by atoms with Gasteiger partial charge in [-0.05, 0) is 32.3 Å². The molecule has 0 aliphatic rings. The lowest BCUT2D eigenvalue weighted by atomic mass is 9.97. The molecule has 0 aliphatic carbocycles. The van der Waals surface area contributed by atoms with Crippen LogP contribution in [0.3, 0.4) is 0 Å². The molecule has 2 N–H and O–H groups in total. The number of carbonyl (C=O) groups excluding carboxylic acids is 1. The highest BCUT2D eigenvalue weighted by atomic mass is 16.4. The van der Waals surface area contributed by atoms with Gasteiger partial charge in [0.1, 0.15) is 5.69 Å². The zero-order valence-corrected chi connectivity index (χ0v) is 12.5. The number of aromatic nitrogens is 2. The van der Waals surface area contributed by atoms with Gasteiger partial charge in [0.2, 0.25) is 0 Å². The van der Waals surface area contributed by atoms with E-state index in [1.165, 1.54) is 0 Å². The molecule has 6 nitrogen and oxygen atoms in total. The number of nitrogens with zero attached hydrogens (tertiary/aromatic N) is 2. The summed E-state index contributed by atoms with van der Waals surface area (Å²) in [5.74, 6) is -1.43. The third-order valence-corrected chi connectivity index (χ3v) is 3.05. The first-order chi connectivity index (χ1) is 9.35. The molecule has 0 saturated carbocycles. The average Bonchev–Trinajstić information content (AvgIpc) is 2.74. The maximum Gasteiger partial charge on any atom is 0.308 e. The van der Waals surface area contributed by atoms with Gasteiger partial charge in [0, 0.05) is 13.1 Å². The van der Waals surface area contributed by atoms with E-state index in [1.54, 1.807) is 10.7 Å². The molecular weight excluding hydrogens is 258 g/mol. The lowest BCUT2D eigenvalue weighted by Crippen LogP contribution is -2.34. The number of carbonyl (C=O) groups is 2. The van der Waals surface area contributed by atoms with Crippen molar-refractivity contribution in [2.24, 2.45) is 11.8 Å². The van der Waals surface area contributed by atoms with Crippen LogP contribution in [0.2, 0.25) is 0 Å². The van der Waals surface area contributed by atoms with Crippen molar-refractivity contribution in [3.8, 4) is 0 Å². The number of aliphatic carboxylic acids is 1. The summed E-state index contributed by atoms with van der Waals surface area (Å²) >= 11 is 0. The quantitative estimate of drug-likeness (QED) is 0.796. The van der Waals surface area contributed by atoms with Crippen LogP contribution in [0.15, 0.2) is 6.07 Å². The van der Waals surface area contributed by atoms with Crippen molar-refractivity contribution in [2.75, 3.05) is 6.54 Å². The third-order valence-electron chi connectivity index (χ3n) is 3.05. The highest BCUT2D eigenvalue weighted by Crippen LogP contribution is 2.11. The Labute approximate surface area is 119 Å². The van der Waals surface area contributed by atoms with Crippen LogP contribution >= 0.6 is 0 Å². The number of carboxylic acids is 1. The summed E-state index contributed by atoms with van der Waals surface area (Å²) in [6, 6.07) is 1.71. The second kappa shape index (κ2) is 7.07. The zero-order valence-electron chi connectivity index (χ0n) is 12.5.